The van der Waals surface area contributed by atoms with E-state index in [2.05, 4.69) is 15.5 Å². The highest BCUT2D eigenvalue weighted by Crippen LogP contribution is 2.28. The van der Waals surface area contributed by atoms with Crippen LogP contribution < -0.4 is 9.47 Å². The number of rotatable bonds is 8. The summed E-state index contributed by atoms with van der Waals surface area (Å²) in [6.07, 6.45) is -4.36. The molecular weight excluding hydrogens is 393 g/mol. The van der Waals surface area contributed by atoms with Gasteiger partial charge in [-0.25, -0.2) is 0 Å². The van der Waals surface area contributed by atoms with Crippen molar-refractivity contribution >= 4 is 11.8 Å². The lowest BCUT2D eigenvalue weighted by Crippen LogP contribution is -2.19. The van der Waals surface area contributed by atoms with E-state index in [-0.39, 0.29) is 5.75 Å². The molecule has 0 radical (unpaired) electrons. The molecule has 0 atom stereocenters. The number of benzene rings is 2. The van der Waals surface area contributed by atoms with E-state index in [1.54, 1.807) is 16.8 Å². The maximum absolute atomic E-state index is 12.2. The van der Waals surface area contributed by atoms with Crippen LogP contribution in [0, 0.1) is 0 Å². The van der Waals surface area contributed by atoms with Crippen molar-refractivity contribution in [1.29, 1.82) is 0 Å². The van der Waals surface area contributed by atoms with Gasteiger partial charge in [-0.3, -0.25) is 0 Å². The van der Waals surface area contributed by atoms with Gasteiger partial charge in [0, 0.05) is 5.75 Å². The summed E-state index contributed by atoms with van der Waals surface area (Å²) in [4.78, 5) is 0. The average molecular weight is 410 g/mol. The summed E-state index contributed by atoms with van der Waals surface area (Å²) in [7, 11) is 0. The Kier molecular flexibility index (Phi) is 6.40. The fourth-order valence-corrected chi connectivity index (χ4v) is 3.16. The highest BCUT2D eigenvalue weighted by atomic mass is 32.2. The Bertz CT molecular complexity index is 900. The van der Waals surface area contributed by atoms with Crippen molar-refractivity contribution in [3.05, 3.63) is 54.1 Å². The molecule has 28 heavy (non-hydrogen) atoms. The van der Waals surface area contributed by atoms with E-state index in [1.165, 1.54) is 23.9 Å². The molecule has 0 spiro atoms. The van der Waals surface area contributed by atoms with Crippen LogP contribution in [0.25, 0.3) is 5.69 Å². The smallest absolute Gasteiger partial charge is 0.422 e. The van der Waals surface area contributed by atoms with Crippen LogP contribution in [0.1, 0.15) is 12.5 Å². The zero-order chi connectivity index (χ0) is 20.0. The average Bonchev–Trinajstić information content (AvgIpc) is 3.14. The number of para-hydroxylation sites is 2. The molecular formula is C18H17F3N4O2S. The van der Waals surface area contributed by atoms with E-state index >= 15 is 0 Å². The summed E-state index contributed by atoms with van der Waals surface area (Å²) in [6.45, 7) is 1.10. The molecule has 148 valence electrons. The minimum Gasteiger partial charge on any atom is -0.492 e. The van der Waals surface area contributed by atoms with Gasteiger partial charge in [0.15, 0.2) is 6.61 Å². The van der Waals surface area contributed by atoms with Crippen LogP contribution in [0.5, 0.6) is 11.5 Å². The molecule has 3 rings (SSSR count). The summed E-state index contributed by atoms with van der Waals surface area (Å²) in [5.41, 5.74) is 1.63. The molecule has 0 N–H and O–H groups in total. The highest BCUT2D eigenvalue weighted by molar-refractivity contribution is 7.98. The van der Waals surface area contributed by atoms with Crippen LogP contribution in [0.2, 0.25) is 0 Å². The number of nitrogens with zero attached hydrogens (tertiary/aromatic N) is 4. The third kappa shape index (κ3) is 5.38. The van der Waals surface area contributed by atoms with Gasteiger partial charge in [0.05, 0.1) is 6.61 Å². The SMILES string of the molecule is CCOc1ccccc1-n1nnnc1SCc1ccc(OCC(F)(F)F)cc1. The minimum absolute atomic E-state index is 0.168. The van der Waals surface area contributed by atoms with Crippen molar-refractivity contribution < 1.29 is 22.6 Å². The van der Waals surface area contributed by atoms with Gasteiger partial charge in [-0.1, -0.05) is 36.0 Å². The van der Waals surface area contributed by atoms with Gasteiger partial charge < -0.3 is 9.47 Å². The maximum Gasteiger partial charge on any atom is 0.422 e. The Hall–Kier alpha value is -2.75. The van der Waals surface area contributed by atoms with Crippen LogP contribution in [-0.4, -0.2) is 39.6 Å². The lowest BCUT2D eigenvalue weighted by molar-refractivity contribution is -0.153. The molecule has 3 aromatic rings. The molecule has 1 aromatic heterocycles. The van der Waals surface area contributed by atoms with Crippen molar-refractivity contribution in [3.63, 3.8) is 0 Å². The quantitative estimate of drug-likeness (QED) is 0.516. The van der Waals surface area contributed by atoms with Crippen LogP contribution >= 0.6 is 11.8 Å². The predicted molar refractivity (Wildman–Crippen MR) is 97.9 cm³/mol. The van der Waals surface area contributed by atoms with Crippen LogP contribution in [-0.2, 0) is 5.75 Å². The second-order valence-corrected chi connectivity index (χ2v) is 6.55. The Balaban J connectivity index is 1.66. The lowest BCUT2D eigenvalue weighted by Gasteiger charge is -2.11. The fraction of sp³-hybridized carbons (Fsp3) is 0.278. The lowest BCUT2D eigenvalue weighted by atomic mass is 10.2. The molecule has 6 nitrogen and oxygen atoms in total. The second kappa shape index (κ2) is 8.96. The summed E-state index contributed by atoms with van der Waals surface area (Å²) < 4.78 is 48.5. The largest absolute Gasteiger partial charge is 0.492 e. The van der Waals surface area contributed by atoms with E-state index < -0.39 is 12.8 Å². The first-order chi connectivity index (χ1) is 13.5. The topological polar surface area (TPSA) is 62.1 Å². The molecule has 10 heteroatoms. The highest BCUT2D eigenvalue weighted by Gasteiger charge is 2.28. The Morgan fingerprint density at radius 2 is 1.79 bits per heavy atom. The predicted octanol–water partition coefficient (Wildman–Crippen LogP) is 4.29. The van der Waals surface area contributed by atoms with Gasteiger partial charge in [-0.05, 0) is 47.2 Å². The van der Waals surface area contributed by atoms with Crippen LogP contribution in [0.3, 0.4) is 0 Å². The molecule has 0 aliphatic heterocycles. The summed E-state index contributed by atoms with van der Waals surface area (Å²) in [6, 6.07) is 13.9. The number of hydrogen-bond acceptors (Lipinski definition) is 6. The molecule has 0 saturated heterocycles. The molecule has 0 fully saturated rings. The first-order valence-corrected chi connectivity index (χ1v) is 9.36. The fourth-order valence-electron chi connectivity index (χ4n) is 2.32. The van der Waals surface area contributed by atoms with Gasteiger partial charge >= 0.3 is 6.18 Å². The molecule has 0 unspecified atom stereocenters. The van der Waals surface area contributed by atoms with Crippen molar-refractivity contribution in [3.8, 4) is 17.2 Å². The monoisotopic (exact) mass is 410 g/mol. The summed E-state index contributed by atoms with van der Waals surface area (Å²) in [5, 5.41) is 12.4. The molecule has 0 aliphatic carbocycles. The van der Waals surface area contributed by atoms with Gasteiger partial charge in [-0.15, -0.1) is 5.10 Å². The Morgan fingerprint density at radius 1 is 1.04 bits per heavy atom. The second-order valence-electron chi connectivity index (χ2n) is 5.61. The normalized spacial score (nSPS) is 11.4. The molecule has 0 bridgehead atoms. The number of alkyl halides is 3. The third-order valence-corrected chi connectivity index (χ3v) is 4.52. The van der Waals surface area contributed by atoms with E-state index in [0.717, 1.165) is 11.3 Å². The number of tetrazole rings is 1. The zero-order valence-corrected chi connectivity index (χ0v) is 15.7. The first kappa shape index (κ1) is 20.0. The van der Waals surface area contributed by atoms with E-state index in [9.17, 15) is 13.2 Å². The number of halogens is 3. The van der Waals surface area contributed by atoms with Crippen molar-refractivity contribution in [2.45, 2.75) is 24.0 Å². The molecule has 0 aliphatic rings. The molecule has 1 heterocycles. The molecule has 0 amide bonds. The van der Waals surface area contributed by atoms with Crippen molar-refractivity contribution in [2.24, 2.45) is 0 Å². The van der Waals surface area contributed by atoms with Gasteiger partial charge in [-0.2, -0.15) is 17.9 Å². The molecule has 0 saturated carbocycles. The van der Waals surface area contributed by atoms with Gasteiger partial charge in [0.25, 0.3) is 0 Å². The number of thioether (sulfide) groups is 1. The number of hydrogen-bond donors (Lipinski definition) is 0. The van der Waals surface area contributed by atoms with E-state index in [0.29, 0.717) is 23.3 Å². The Labute approximate surface area is 163 Å². The van der Waals surface area contributed by atoms with Crippen molar-refractivity contribution in [1.82, 2.24) is 20.2 Å². The van der Waals surface area contributed by atoms with E-state index in [1.807, 2.05) is 31.2 Å². The van der Waals surface area contributed by atoms with Crippen LogP contribution in [0.15, 0.2) is 53.7 Å². The van der Waals surface area contributed by atoms with E-state index in [4.69, 9.17) is 9.47 Å². The van der Waals surface area contributed by atoms with Crippen LogP contribution in [0.4, 0.5) is 13.2 Å². The third-order valence-electron chi connectivity index (χ3n) is 3.53. The van der Waals surface area contributed by atoms with Gasteiger partial charge in [0.1, 0.15) is 17.2 Å². The standard InChI is InChI=1S/C18H17F3N4O2S/c1-2-26-16-6-4-3-5-15(16)25-17(22-23-24-25)28-11-13-7-9-14(10-8-13)27-12-18(19,20)21/h3-10H,2,11-12H2,1H3. The molecule has 2 aromatic carbocycles. The minimum atomic E-state index is -4.36. The zero-order valence-electron chi connectivity index (χ0n) is 14.9. The first-order valence-electron chi connectivity index (χ1n) is 8.38. The Morgan fingerprint density at radius 3 is 2.50 bits per heavy atom. The number of ether oxygens (including phenoxy) is 2. The van der Waals surface area contributed by atoms with Gasteiger partial charge in [0.2, 0.25) is 5.16 Å². The van der Waals surface area contributed by atoms with Crippen molar-refractivity contribution in [2.75, 3.05) is 13.2 Å². The number of aromatic nitrogens is 4. The maximum atomic E-state index is 12.2. The summed E-state index contributed by atoms with van der Waals surface area (Å²) in [5.74, 6) is 1.38. The summed E-state index contributed by atoms with van der Waals surface area (Å²) >= 11 is 1.40.